The van der Waals surface area contributed by atoms with Crippen molar-refractivity contribution in [1.29, 1.82) is 0 Å². The second-order valence-electron chi connectivity index (χ2n) is 4.41. The summed E-state index contributed by atoms with van der Waals surface area (Å²) in [5, 5.41) is 2.68. The van der Waals surface area contributed by atoms with Crippen molar-refractivity contribution in [2.45, 2.75) is 4.90 Å². The number of hydrogen-bond acceptors (Lipinski definition) is 3. The van der Waals surface area contributed by atoms with Crippen molar-refractivity contribution in [1.82, 2.24) is 0 Å². The normalized spacial score (nSPS) is 11.2. The number of amides is 1. The summed E-state index contributed by atoms with van der Waals surface area (Å²) in [6.07, 6.45) is 1.12. The predicted octanol–water partition coefficient (Wildman–Crippen LogP) is 3.87. The van der Waals surface area contributed by atoms with Gasteiger partial charge in [0.05, 0.1) is 4.90 Å². The summed E-state index contributed by atoms with van der Waals surface area (Å²) >= 11 is 6.63. The Balaban J connectivity index is 2.28. The molecule has 0 saturated heterocycles. The van der Waals surface area contributed by atoms with E-state index in [0.717, 1.165) is 15.2 Å². The second kappa shape index (κ2) is 6.29. The van der Waals surface area contributed by atoms with Crippen LogP contribution in [0.5, 0.6) is 0 Å². The number of hydrogen-bond donors (Lipinski definition) is 1. The van der Waals surface area contributed by atoms with Crippen molar-refractivity contribution in [3.05, 3.63) is 57.0 Å². The van der Waals surface area contributed by atoms with Crippen LogP contribution in [0.15, 0.2) is 56.3 Å². The van der Waals surface area contributed by atoms with E-state index in [1.54, 1.807) is 24.3 Å². The molecule has 0 saturated carbocycles. The van der Waals surface area contributed by atoms with Gasteiger partial charge in [-0.25, -0.2) is 8.42 Å². The molecule has 0 bridgehead atoms. The topological polar surface area (TPSA) is 63.2 Å². The first-order valence-electron chi connectivity index (χ1n) is 5.83. The molecule has 0 spiro atoms. The fraction of sp³-hybridized carbons (Fsp3) is 0.0714. The van der Waals surface area contributed by atoms with Crippen LogP contribution in [0.25, 0.3) is 0 Å². The molecular weight excluding hydrogens is 422 g/mol. The zero-order valence-electron chi connectivity index (χ0n) is 10.9. The maximum atomic E-state index is 12.2. The average Bonchev–Trinajstić information content (AvgIpc) is 2.37. The zero-order chi connectivity index (χ0) is 15.6. The number of sulfone groups is 1. The quantitative estimate of drug-likeness (QED) is 0.800. The standard InChI is InChI=1S/C14H11Br2NO3S/c1-21(19,20)13-4-2-3-12(8-13)17-14(18)9-5-10(15)7-11(16)6-9/h2-8H,1H3,(H,17,18). The van der Waals surface area contributed by atoms with E-state index in [1.165, 1.54) is 12.1 Å². The molecule has 0 aliphatic heterocycles. The molecule has 7 heteroatoms. The highest BCUT2D eigenvalue weighted by Gasteiger charge is 2.11. The summed E-state index contributed by atoms with van der Waals surface area (Å²) in [5.41, 5.74) is 0.889. The highest BCUT2D eigenvalue weighted by atomic mass is 79.9. The van der Waals surface area contributed by atoms with Crippen LogP contribution in [-0.4, -0.2) is 20.6 Å². The highest BCUT2D eigenvalue weighted by Crippen LogP contribution is 2.21. The molecule has 2 aromatic rings. The fourth-order valence-electron chi connectivity index (χ4n) is 1.69. The van der Waals surface area contributed by atoms with E-state index < -0.39 is 9.84 Å². The monoisotopic (exact) mass is 431 g/mol. The number of nitrogens with one attached hydrogen (secondary N) is 1. The summed E-state index contributed by atoms with van der Waals surface area (Å²) in [6, 6.07) is 11.3. The number of carbonyl (C=O) groups is 1. The minimum Gasteiger partial charge on any atom is -0.322 e. The smallest absolute Gasteiger partial charge is 0.255 e. The van der Waals surface area contributed by atoms with Gasteiger partial charge < -0.3 is 5.32 Å². The lowest BCUT2D eigenvalue weighted by atomic mass is 10.2. The molecule has 0 atom stereocenters. The van der Waals surface area contributed by atoms with Crippen LogP contribution in [-0.2, 0) is 9.84 Å². The lowest BCUT2D eigenvalue weighted by Crippen LogP contribution is -2.12. The van der Waals surface area contributed by atoms with Crippen LogP contribution in [0.1, 0.15) is 10.4 Å². The molecule has 1 N–H and O–H groups in total. The van der Waals surface area contributed by atoms with Crippen LogP contribution in [0.4, 0.5) is 5.69 Å². The number of halogens is 2. The van der Waals surface area contributed by atoms with Gasteiger partial charge in [0.2, 0.25) is 0 Å². The first kappa shape index (κ1) is 16.2. The largest absolute Gasteiger partial charge is 0.322 e. The summed E-state index contributed by atoms with van der Waals surface area (Å²) in [4.78, 5) is 12.3. The lowest BCUT2D eigenvalue weighted by Gasteiger charge is -2.07. The van der Waals surface area contributed by atoms with E-state index in [-0.39, 0.29) is 10.8 Å². The first-order chi connectivity index (χ1) is 9.75. The average molecular weight is 433 g/mol. The maximum absolute atomic E-state index is 12.2. The SMILES string of the molecule is CS(=O)(=O)c1cccc(NC(=O)c2cc(Br)cc(Br)c2)c1. The molecule has 2 aromatic carbocycles. The van der Waals surface area contributed by atoms with Gasteiger partial charge in [-0.3, -0.25) is 4.79 Å². The van der Waals surface area contributed by atoms with E-state index in [0.29, 0.717) is 11.3 Å². The van der Waals surface area contributed by atoms with Gasteiger partial charge in [0.1, 0.15) is 0 Å². The van der Waals surface area contributed by atoms with E-state index in [2.05, 4.69) is 37.2 Å². The molecule has 0 radical (unpaired) electrons. The summed E-state index contributed by atoms with van der Waals surface area (Å²) in [5.74, 6) is -0.317. The Morgan fingerprint density at radius 3 is 2.24 bits per heavy atom. The van der Waals surface area contributed by atoms with Crippen molar-refractivity contribution >= 4 is 53.3 Å². The molecule has 0 aromatic heterocycles. The van der Waals surface area contributed by atoms with Gasteiger partial charge in [0, 0.05) is 26.5 Å². The molecular formula is C14H11Br2NO3S. The van der Waals surface area contributed by atoms with Crippen molar-refractivity contribution in [2.75, 3.05) is 11.6 Å². The highest BCUT2D eigenvalue weighted by molar-refractivity contribution is 9.11. The fourth-order valence-corrected chi connectivity index (χ4v) is 3.65. The van der Waals surface area contributed by atoms with E-state index in [9.17, 15) is 13.2 Å². The van der Waals surface area contributed by atoms with Gasteiger partial charge in [0.25, 0.3) is 5.91 Å². The molecule has 0 aliphatic rings. The number of benzene rings is 2. The molecule has 0 unspecified atom stereocenters. The second-order valence-corrected chi connectivity index (χ2v) is 8.26. The Labute approximate surface area is 139 Å². The number of anilines is 1. The van der Waals surface area contributed by atoms with Gasteiger partial charge in [-0.2, -0.15) is 0 Å². The van der Waals surface area contributed by atoms with Crippen LogP contribution < -0.4 is 5.32 Å². The summed E-state index contributed by atoms with van der Waals surface area (Å²) < 4.78 is 24.6. The van der Waals surface area contributed by atoms with E-state index in [1.807, 2.05) is 6.07 Å². The molecule has 1 amide bonds. The molecule has 0 aliphatic carbocycles. The minimum atomic E-state index is -3.31. The molecule has 110 valence electrons. The van der Waals surface area contributed by atoms with Crippen LogP contribution in [0.2, 0.25) is 0 Å². The van der Waals surface area contributed by atoms with Crippen LogP contribution >= 0.6 is 31.9 Å². The van der Waals surface area contributed by atoms with Crippen molar-refractivity contribution in [2.24, 2.45) is 0 Å². The number of carbonyl (C=O) groups excluding carboxylic acids is 1. The van der Waals surface area contributed by atoms with Gasteiger partial charge in [-0.05, 0) is 36.4 Å². The van der Waals surface area contributed by atoms with Crippen molar-refractivity contribution in [3.63, 3.8) is 0 Å². The summed E-state index contributed by atoms with van der Waals surface area (Å²) in [6.45, 7) is 0. The van der Waals surface area contributed by atoms with Gasteiger partial charge >= 0.3 is 0 Å². The van der Waals surface area contributed by atoms with Crippen LogP contribution in [0, 0.1) is 0 Å². The van der Waals surface area contributed by atoms with Gasteiger partial charge in [-0.15, -0.1) is 0 Å². The van der Waals surface area contributed by atoms with E-state index >= 15 is 0 Å². The minimum absolute atomic E-state index is 0.163. The van der Waals surface area contributed by atoms with Crippen LogP contribution in [0.3, 0.4) is 0 Å². The van der Waals surface area contributed by atoms with Gasteiger partial charge in [0.15, 0.2) is 9.84 Å². The molecule has 4 nitrogen and oxygen atoms in total. The summed E-state index contributed by atoms with van der Waals surface area (Å²) in [7, 11) is -3.31. The predicted molar refractivity (Wildman–Crippen MR) is 89.3 cm³/mol. The molecule has 0 fully saturated rings. The third-order valence-corrected chi connectivity index (χ3v) is 4.67. The molecule has 2 rings (SSSR count). The van der Waals surface area contributed by atoms with Crippen molar-refractivity contribution in [3.8, 4) is 0 Å². The maximum Gasteiger partial charge on any atom is 0.255 e. The number of rotatable bonds is 3. The third kappa shape index (κ3) is 4.39. The zero-order valence-corrected chi connectivity index (χ0v) is 14.9. The molecule has 21 heavy (non-hydrogen) atoms. The Hall–Kier alpha value is -1.18. The Morgan fingerprint density at radius 2 is 1.67 bits per heavy atom. The first-order valence-corrected chi connectivity index (χ1v) is 9.31. The lowest BCUT2D eigenvalue weighted by molar-refractivity contribution is 0.102. The molecule has 0 heterocycles. The Kier molecular flexibility index (Phi) is 4.85. The Morgan fingerprint density at radius 1 is 1.05 bits per heavy atom. The van der Waals surface area contributed by atoms with E-state index in [4.69, 9.17) is 0 Å². The van der Waals surface area contributed by atoms with Gasteiger partial charge in [-0.1, -0.05) is 37.9 Å². The van der Waals surface area contributed by atoms with Crippen molar-refractivity contribution < 1.29 is 13.2 Å². The third-order valence-electron chi connectivity index (χ3n) is 2.64. The Bertz CT molecular complexity index is 783.